The molecule has 0 aliphatic heterocycles. The van der Waals surface area contributed by atoms with Gasteiger partial charge in [0.1, 0.15) is 17.5 Å². The number of carboxylic acids is 1. The second kappa shape index (κ2) is 19.5. The zero-order valence-electron chi connectivity index (χ0n) is 28.5. The Labute approximate surface area is 292 Å². The van der Waals surface area contributed by atoms with E-state index < -0.39 is 23.9 Å². The van der Waals surface area contributed by atoms with Crippen LogP contribution in [0.5, 0.6) is 11.5 Å². The molecule has 0 heterocycles. The number of benzene rings is 4. The maximum Gasteiger partial charge on any atom is 0.343 e. The third kappa shape index (κ3) is 12.2. The number of methoxy groups -OCH3 is 1. The van der Waals surface area contributed by atoms with Gasteiger partial charge in [-0.3, -0.25) is 9.59 Å². The normalized spacial score (nSPS) is 11.3. The van der Waals surface area contributed by atoms with E-state index in [2.05, 4.69) is 17.6 Å². The minimum atomic E-state index is -1.21. The van der Waals surface area contributed by atoms with Gasteiger partial charge in [0, 0.05) is 24.8 Å². The van der Waals surface area contributed by atoms with Crippen LogP contribution in [-0.4, -0.2) is 48.6 Å². The number of esters is 1. The summed E-state index contributed by atoms with van der Waals surface area (Å²) in [6, 6.07) is 25.8. The van der Waals surface area contributed by atoms with E-state index in [4.69, 9.17) is 14.2 Å². The molecule has 0 aliphatic carbocycles. The molecule has 4 rings (SSSR count). The lowest BCUT2D eigenvalue weighted by atomic mass is 10.0. The van der Waals surface area contributed by atoms with Crippen LogP contribution in [-0.2, 0) is 33.8 Å². The monoisotopic (exact) mass is 680 g/mol. The Kier molecular flexibility index (Phi) is 14.6. The van der Waals surface area contributed by atoms with Crippen molar-refractivity contribution in [2.24, 2.45) is 0 Å². The smallest absolute Gasteiger partial charge is 0.343 e. The van der Waals surface area contributed by atoms with E-state index in [-0.39, 0.29) is 24.3 Å². The number of carboxylic acid groups (broad SMARTS) is 1. The zero-order chi connectivity index (χ0) is 35.7. The molecule has 262 valence electrons. The van der Waals surface area contributed by atoms with E-state index >= 15 is 0 Å². The number of hydrogen-bond donors (Lipinski definition) is 3. The van der Waals surface area contributed by atoms with Crippen molar-refractivity contribution in [3.8, 4) is 11.5 Å². The lowest BCUT2D eigenvalue weighted by Gasteiger charge is -2.15. The molecular formula is C40H44N2O8. The first-order valence-electron chi connectivity index (χ1n) is 16.8. The van der Waals surface area contributed by atoms with Gasteiger partial charge < -0.3 is 30.0 Å². The third-order valence-electron chi connectivity index (χ3n) is 7.91. The number of ether oxygens (including phenoxy) is 3. The summed E-state index contributed by atoms with van der Waals surface area (Å²) >= 11 is 0. The maximum absolute atomic E-state index is 12.9. The van der Waals surface area contributed by atoms with E-state index in [0.29, 0.717) is 41.5 Å². The molecule has 4 aromatic carbocycles. The molecular weight excluding hydrogens is 636 g/mol. The van der Waals surface area contributed by atoms with Gasteiger partial charge in [0.15, 0.2) is 0 Å². The number of hydrogen-bond acceptors (Lipinski definition) is 7. The molecule has 4 aromatic rings. The summed E-state index contributed by atoms with van der Waals surface area (Å²) in [7, 11) is 1.62. The molecule has 2 amide bonds. The molecule has 0 saturated carbocycles. The van der Waals surface area contributed by atoms with Gasteiger partial charge in [0.05, 0.1) is 25.2 Å². The number of nitrogens with one attached hydrogen (secondary N) is 2. The second-order valence-electron chi connectivity index (χ2n) is 11.9. The van der Waals surface area contributed by atoms with Gasteiger partial charge in [-0.25, -0.2) is 9.59 Å². The van der Waals surface area contributed by atoms with Crippen LogP contribution in [0.3, 0.4) is 0 Å². The van der Waals surface area contributed by atoms with Gasteiger partial charge in [-0.05, 0) is 83.8 Å². The van der Waals surface area contributed by atoms with Crippen LogP contribution in [0.2, 0.25) is 0 Å². The fourth-order valence-electron chi connectivity index (χ4n) is 5.14. The highest BCUT2D eigenvalue weighted by Crippen LogP contribution is 2.19. The van der Waals surface area contributed by atoms with Gasteiger partial charge in [-0.1, -0.05) is 69.0 Å². The van der Waals surface area contributed by atoms with Gasteiger partial charge in [0.2, 0.25) is 5.91 Å². The van der Waals surface area contributed by atoms with E-state index in [9.17, 15) is 24.3 Å². The van der Waals surface area contributed by atoms with Crippen LogP contribution in [0.25, 0.3) is 0 Å². The molecule has 0 saturated heterocycles. The highest BCUT2D eigenvalue weighted by atomic mass is 16.5. The van der Waals surface area contributed by atoms with Gasteiger partial charge in [0.25, 0.3) is 5.91 Å². The van der Waals surface area contributed by atoms with Gasteiger partial charge >= 0.3 is 11.9 Å². The molecule has 0 aliphatic rings. The van der Waals surface area contributed by atoms with Crippen molar-refractivity contribution in [1.82, 2.24) is 5.32 Å². The standard InChI is InChI=1S/C40H44N2O8/c1-3-4-5-6-7-24-49-34-22-16-32(17-23-34)40(47)50-35-20-12-28(13-21-35)25-36(39(45)46)42-38(44)31-14-18-33(19-15-31)41-37(43)26-29-8-10-30(11-9-29)27-48-2/h8-23,36H,3-7,24-27H2,1-2H3,(H,41,43)(H,42,44)(H,45,46). The molecule has 50 heavy (non-hydrogen) atoms. The zero-order valence-corrected chi connectivity index (χ0v) is 28.5. The molecule has 1 atom stereocenters. The minimum absolute atomic E-state index is 0.00988. The Morgan fingerprint density at radius 2 is 1.30 bits per heavy atom. The number of carbonyl (C=O) groups excluding carboxylic acids is 3. The van der Waals surface area contributed by atoms with Crippen molar-refractivity contribution in [2.75, 3.05) is 19.0 Å². The van der Waals surface area contributed by atoms with Crippen LogP contribution in [0.1, 0.15) is 76.4 Å². The molecule has 0 bridgehead atoms. The summed E-state index contributed by atoms with van der Waals surface area (Å²) in [4.78, 5) is 50.1. The van der Waals surface area contributed by atoms with Crippen molar-refractivity contribution in [1.29, 1.82) is 0 Å². The molecule has 0 spiro atoms. The maximum atomic E-state index is 12.9. The van der Waals surface area contributed by atoms with Crippen LogP contribution in [0.15, 0.2) is 97.1 Å². The van der Waals surface area contributed by atoms with E-state index in [1.54, 1.807) is 67.8 Å². The highest BCUT2D eigenvalue weighted by Gasteiger charge is 2.21. The van der Waals surface area contributed by atoms with Crippen LogP contribution in [0.4, 0.5) is 5.69 Å². The summed E-state index contributed by atoms with van der Waals surface area (Å²) in [5, 5.41) is 15.2. The first kappa shape index (κ1) is 37.3. The molecule has 0 fully saturated rings. The lowest BCUT2D eigenvalue weighted by Crippen LogP contribution is -2.42. The lowest BCUT2D eigenvalue weighted by molar-refractivity contribution is -0.139. The van der Waals surface area contributed by atoms with Crippen LogP contribution in [0, 0.1) is 0 Å². The average molecular weight is 681 g/mol. The van der Waals surface area contributed by atoms with E-state index in [1.165, 1.54) is 31.4 Å². The van der Waals surface area contributed by atoms with Crippen molar-refractivity contribution in [3.05, 3.63) is 125 Å². The number of anilines is 1. The predicted octanol–water partition coefficient (Wildman–Crippen LogP) is 7.01. The number of rotatable bonds is 19. The number of aliphatic carboxylic acids is 1. The Morgan fingerprint density at radius 1 is 0.700 bits per heavy atom. The number of unbranched alkanes of at least 4 members (excludes halogenated alkanes) is 4. The Balaban J connectivity index is 1.23. The first-order chi connectivity index (χ1) is 24.2. The summed E-state index contributed by atoms with van der Waals surface area (Å²) < 4.78 is 16.3. The van der Waals surface area contributed by atoms with Gasteiger partial charge in [-0.15, -0.1) is 0 Å². The third-order valence-corrected chi connectivity index (χ3v) is 7.91. The molecule has 0 radical (unpaired) electrons. The molecule has 10 heteroatoms. The second-order valence-corrected chi connectivity index (χ2v) is 11.9. The Hall–Kier alpha value is -5.48. The largest absolute Gasteiger partial charge is 0.494 e. The highest BCUT2D eigenvalue weighted by molar-refractivity contribution is 5.98. The first-order valence-corrected chi connectivity index (χ1v) is 16.8. The molecule has 1 unspecified atom stereocenters. The van der Waals surface area contributed by atoms with Crippen molar-refractivity contribution in [2.45, 2.75) is 64.5 Å². The van der Waals surface area contributed by atoms with Gasteiger partial charge in [-0.2, -0.15) is 0 Å². The Bertz CT molecular complexity index is 1690. The summed E-state index contributed by atoms with van der Waals surface area (Å²) in [5.41, 5.74) is 3.61. The predicted molar refractivity (Wildman–Crippen MR) is 191 cm³/mol. The topological polar surface area (TPSA) is 140 Å². The molecule has 10 nitrogen and oxygen atoms in total. The van der Waals surface area contributed by atoms with E-state index in [1.807, 2.05) is 24.3 Å². The molecule has 3 N–H and O–H groups in total. The quantitative estimate of drug-likeness (QED) is 0.0546. The van der Waals surface area contributed by atoms with Crippen LogP contribution >= 0.6 is 0 Å². The summed E-state index contributed by atoms with van der Waals surface area (Å²) in [5.74, 6) is -1.51. The number of carbonyl (C=O) groups is 4. The van der Waals surface area contributed by atoms with Crippen molar-refractivity contribution >= 4 is 29.4 Å². The summed E-state index contributed by atoms with van der Waals surface area (Å²) in [6.45, 7) is 3.31. The van der Waals surface area contributed by atoms with Crippen molar-refractivity contribution < 1.29 is 38.5 Å². The summed E-state index contributed by atoms with van der Waals surface area (Å²) in [6.07, 6.45) is 5.95. The van der Waals surface area contributed by atoms with Crippen LogP contribution < -0.4 is 20.1 Å². The van der Waals surface area contributed by atoms with E-state index in [0.717, 1.165) is 24.0 Å². The fourth-order valence-corrected chi connectivity index (χ4v) is 5.14. The average Bonchev–Trinajstić information content (AvgIpc) is 3.11. The van der Waals surface area contributed by atoms with Crippen molar-refractivity contribution in [3.63, 3.8) is 0 Å². The minimum Gasteiger partial charge on any atom is -0.494 e. The Morgan fingerprint density at radius 3 is 1.94 bits per heavy atom. The SMILES string of the molecule is CCCCCCCOc1ccc(C(=O)Oc2ccc(CC(NC(=O)c3ccc(NC(=O)Cc4ccc(COC)cc4)cc3)C(=O)O)cc2)cc1. The fraction of sp³-hybridized carbons (Fsp3) is 0.300. The molecule has 0 aromatic heterocycles. The number of amides is 2.